The van der Waals surface area contributed by atoms with Gasteiger partial charge in [0, 0.05) is 98.4 Å². The molecule has 104 heavy (non-hydrogen) atoms. The molecule has 13 N–H and O–H groups in total. The SMILES string of the molecule is N[C@@H](CNC(=O)[C@@H](CC(=O)[C@H](Cc1ccccc1)NC(=O)CCCCC(=O)CC[C@H](NC(=O)NCCCC(=O)O)C(=O)O)Cc1ccccc1)C(=O)N[C@@H](CC(=O)O)C(=O)C[C@@H](CSC1CC(=O)N(c2ccc(-c3c4cc(F)c(=O)cc-4oc4cc(O)c(F)cc34)c(C(=O)O)c2)C1=O)C(=O)O.O=C=O. The number of anilines is 1. The zero-order valence-electron chi connectivity index (χ0n) is 55.1. The van der Waals surface area contributed by atoms with Crippen molar-refractivity contribution in [1.29, 1.82) is 0 Å². The Morgan fingerprint density at radius 1 is 0.635 bits per heavy atom. The van der Waals surface area contributed by atoms with Crippen molar-refractivity contribution < 1.29 is 121 Å². The van der Waals surface area contributed by atoms with Crippen LogP contribution in [0.3, 0.4) is 0 Å². The van der Waals surface area contributed by atoms with Crippen LogP contribution >= 0.6 is 11.8 Å². The molecule has 7 atom stereocenters. The zero-order valence-corrected chi connectivity index (χ0v) is 55.9. The van der Waals surface area contributed by atoms with E-state index < -0.39 is 185 Å². The number of nitrogens with one attached hydrogen (secondary N) is 5. The first kappa shape index (κ1) is 81.1. The van der Waals surface area contributed by atoms with Crippen LogP contribution in [0.1, 0.15) is 98.5 Å². The Kier molecular flexibility index (Phi) is 30.2. The number of halogens is 2. The largest absolute Gasteiger partial charge is 0.505 e. The lowest BCUT2D eigenvalue weighted by Gasteiger charge is -2.23. The second-order valence-corrected chi connectivity index (χ2v) is 25.2. The van der Waals surface area contributed by atoms with E-state index in [2.05, 4.69) is 26.6 Å². The van der Waals surface area contributed by atoms with Gasteiger partial charge in [-0.05, 0) is 79.5 Å². The van der Waals surface area contributed by atoms with Gasteiger partial charge in [0.05, 0.1) is 40.9 Å². The van der Waals surface area contributed by atoms with E-state index in [-0.39, 0.29) is 122 Å². The number of rotatable bonds is 39. The third-order valence-electron chi connectivity index (χ3n) is 16.3. The second-order valence-electron chi connectivity index (χ2n) is 23.9. The van der Waals surface area contributed by atoms with E-state index in [0.29, 0.717) is 27.8 Å². The number of carboxylic acid groups (broad SMARTS) is 5. The lowest BCUT2D eigenvalue weighted by Crippen LogP contribution is -2.53. The van der Waals surface area contributed by atoms with Gasteiger partial charge in [0.2, 0.25) is 35.0 Å². The summed E-state index contributed by atoms with van der Waals surface area (Å²) < 4.78 is 35.3. The predicted octanol–water partition coefficient (Wildman–Crippen LogP) is 4.16. The number of carbonyl (C=O) groups excluding carboxylic acids is 11. The van der Waals surface area contributed by atoms with Crippen molar-refractivity contribution in [2.24, 2.45) is 17.6 Å². The summed E-state index contributed by atoms with van der Waals surface area (Å²) in [5.74, 6) is -20.7. The van der Waals surface area contributed by atoms with Crippen LogP contribution in [-0.2, 0) is 80.0 Å². The molecule has 0 bridgehead atoms. The summed E-state index contributed by atoms with van der Waals surface area (Å²) in [6.07, 6.45) is -3.17. The number of aliphatic carboxylic acids is 4. The molecule has 2 heterocycles. The van der Waals surface area contributed by atoms with E-state index in [1.807, 2.05) is 0 Å². The number of thioether (sulfide) groups is 1. The van der Waals surface area contributed by atoms with Crippen LogP contribution in [0.4, 0.5) is 19.3 Å². The van der Waals surface area contributed by atoms with Crippen LogP contribution in [-0.4, -0.2) is 168 Å². The van der Waals surface area contributed by atoms with E-state index in [1.165, 1.54) is 0 Å². The highest BCUT2D eigenvalue weighted by Crippen LogP contribution is 2.44. The van der Waals surface area contributed by atoms with Crippen molar-refractivity contribution in [3.63, 3.8) is 0 Å². The maximum atomic E-state index is 14.9. The van der Waals surface area contributed by atoms with Gasteiger partial charge in [0.1, 0.15) is 29.2 Å². The molecule has 1 saturated heterocycles. The first-order valence-electron chi connectivity index (χ1n) is 32.0. The van der Waals surface area contributed by atoms with Gasteiger partial charge in [-0.3, -0.25) is 57.5 Å². The Labute approximate surface area is 592 Å². The van der Waals surface area contributed by atoms with E-state index in [0.717, 1.165) is 42.5 Å². The van der Waals surface area contributed by atoms with Crippen molar-refractivity contribution >= 4 is 117 Å². The van der Waals surface area contributed by atoms with Crippen LogP contribution < -0.4 is 42.6 Å². The van der Waals surface area contributed by atoms with Gasteiger partial charge in [-0.1, -0.05) is 66.7 Å². The first-order valence-corrected chi connectivity index (χ1v) is 33.1. The molecule has 0 saturated carbocycles. The van der Waals surface area contributed by atoms with Crippen LogP contribution in [0.25, 0.3) is 33.4 Å². The molecule has 31 nitrogen and oxygen atoms in total. The summed E-state index contributed by atoms with van der Waals surface area (Å²) in [5.41, 5.74) is 4.61. The predicted molar refractivity (Wildman–Crippen MR) is 360 cm³/mol. The highest BCUT2D eigenvalue weighted by molar-refractivity contribution is 8.00. The average molecular weight is 1460 g/mol. The Morgan fingerprint density at radius 2 is 1.27 bits per heavy atom. The van der Waals surface area contributed by atoms with Crippen LogP contribution in [0.15, 0.2) is 112 Å². The lowest BCUT2D eigenvalue weighted by atomic mass is 9.89. The standard InChI is InChI=1S/C69H71F2N7O22S.CO2/c70-45-27-43-55(30-51(45)80)100-56-31-52(81)46(71)28-44(56)62(43)41-19-17-39(26-42(41)67(95)96)78-59(85)32-57(65(78)92)101-34-38(66(93)94)25-54(83)50(29-61(88)89)76-64(91)47(72)33-74-63(90)37(22-35-10-3-1-4-11-35)24-53(82)49(23-36-12-5-2-6-13-36)75-58(84)15-8-7-14-40(79)18-20-48(68(97)98)77-69(99)73-21-9-16-60(86)87;2-1-3/h1-6,10-13,17,19,26-28,30-31,37-38,47-50,57,80H,7-9,14-16,18,20-25,29,32-34,72H2,(H,74,90)(H,75,84)(H,76,91)(H,86,87)(H,88,89)(H,93,94)(H,95,96)(H,97,98)(H2,73,77,99);/t37-,38+,47+,48+,49+,50+,57?;/m1./s1. The van der Waals surface area contributed by atoms with Gasteiger partial charge in [0.15, 0.2) is 29.0 Å². The minimum atomic E-state index is -1.90. The number of fused-ring (bicyclic) bond motifs is 2. The van der Waals surface area contributed by atoms with Crippen molar-refractivity contribution in [2.75, 3.05) is 23.7 Å². The average Bonchev–Trinajstić information content (AvgIpc) is 0.822. The molecule has 0 radical (unpaired) electrons. The number of ketones is 3. The molecule has 4 aromatic carbocycles. The number of carboxylic acids is 5. The monoisotopic (exact) mass is 1460 g/mol. The fourth-order valence-electron chi connectivity index (χ4n) is 11.1. The number of phenols is 1. The summed E-state index contributed by atoms with van der Waals surface area (Å²) in [6, 6.07) is 16.4. The van der Waals surface area contributed by atoms with Crippen LogP contribution in [0, 0.1) is 23.5 Å². The highest BCUT2D eigenvalue weighted by Gasteiger charge is 2.42. The van der Waals surface area contributed by atoms with E-state index in [9.17, 15) is 106 Å². The maximum Gasteiger partial charge on any atom is 0.373 e. The number of carbonyl (C=O) groups is 14. The number of hydrogen-bond acceptors (Lipinski definition) is 21. The normalized spacial score (nSPS) is 14.2. The quantitative estimate of drug-likeness (QED) is 0.0146. The minimum Gasteiger partial charge on any atom is -0.505 e. The molecule has 3 aliphatic rings. The molecule has 7 rings (SSSR count). The minimum absolute atomic E-state index is 0.00252. The third kappa shape index (κ3) is 23.6. The highest BCUT2D eigenvalue weighted by atomic mass is 32.2. The molecule has 1 unspecified atom stereocenters. The summed E-state index contributed by atoms with van der Waals surface area (Å²) in [6.45, 7) is -0.668. The summed E-state index contributed by atoms with van der Waals surface area (Å²) in [4.78, 5) is 211. The number of aromatic carboxylic acids is 1. The van der Waals surface area contributed by atoms with Gasteiger partial charge >= 0.3 is 42.0 Å². The van der Waals surface area contributed by atoms with Crippen molar-refractivity contribution in [3.8, 4) is 28.2 Å². The van der Waals surface area contributed by atoms with Crippen molar-refractivity contribution in [1.82, 2.24) is 26.6 Å². The molecule has 2 aliphatic heterocycles. The number of benzene rings is 5. The Balaban J connectivity index is 0.00000556. The Bertz CT molecular complexity index is 4300. The lowest BCUT2D eigenvalue weighted by molar-refractivity contribution is -0.192. The molecule has 0 aromatic heterocycles. The Morgan fingerprint density at radius 3 is 1.89 bits per heavy atom. The molecule has 1 fully saturated rings. The smallest absolute Gasteiger partial charge is 0.373 e. The summed E-state index contributed by atoms with van der Waals surface area (Å²) >= 11 is 0.633. The molecule has 4 aromatic rings. The topological polar surface area (TPSA) is 514 Å². The van der Waals surface area contributed by atoms with Gasteiger partial charge < -0.3 is 67.4 Å². The van der Waals surface area contributed by atoms with Crippen LogP contribution in [0.2, 0.25) is 0 Å². The van der Waals surface area contributed by atoms with Gasteiger partial charge in [-0.2, -0.15) is 9.59 Å². The van der Waals surface area contributed by atoms with Crippen molar-refractivity contribution in [3.05, 3.63) is 142 Å². The number of Topliss-reactive ketones (excluding diaryl/α,β-unsaturated/α-hetero) is 3. The second kappa shape index (κ2) is 38.8. The number of aromatic hydroxyl groups is 1. The number of unbranched alkanes of at least 4 members (excludes halogenated alkanes) is 1. The maximum absolute atomic E-state index is 14.9. The van der Waals surface area contributed by atoms with Gasteiger partial charge in [-0.25, -0.2) is 28.1 Å². The van der Waals surface area contributed by atoms with E-state index in [1.54, 1.807) is 60.7 Å². The fourth-order valence-corrected chi connectivity index (χ4v) is 12.3. The number of nitrogens with zero attached hydrogens (tertiary/aromatic N) is 1. The number of amides is 7. The fraction of sp³-hybridized carbons (Fsp3) is 0.343. The molecule has 7 amide bonds. The van der Waals surface area contributed by atoms with Gasteiger partial charge in [0.25, 0.3) is 0 Å². The first-order chi connectivity index (χ1) is 49.4. The molecule has 1 aliphatic carbocycles. The molecular formula is C70H71F2N7O24S. The number of urea groups is 1. The van der Waals surface area contributed by atoms with Crippen LogP contribution in [0.5, 0.6) is 5.75 Å². The molecule has 550 valence electrons. The third-order valence-corrected chi connectivity index (χ3v) is 17.7. The molecular weight excluding hydrogens is 1390 g/mol. The number of nitrogens with two attached hydrogens (primary N) is 1. The van der Waals surface area contributed by atoms with Crippen molar-refractivity contribution in [2.45, 2.75) is 119 Å². The number of imide groups is 1. The number of hydrogen-bond donors (Lipinski definition) is 12. The molecule has 34 heteroatoms. The summed E-state index contributed by atoms with van der Waals surface area (Å²) in [7, 11) is 0. The summed E-state index contributed by atoms with van der Waals surface area (Å²) in [5, 5.41) is 69.5. The van der Waals surface area contributed by atoms with Gasteiger partial charge in [-0.15, -0.1) is 11.8 Å². The zero-order chi connectivity index (χ0) is 76.5. The Hall–Kier alpha value is -11.9. The van der Waals surface area contributed by atoms with E-state index in [4.69, 9.17) is 24.8 Å². The molecule has 0 spiro atoms. The number of phenolic OH excluding ortho intramolecular Hbond substituents is 1. The van der Waals surface area contributed by atoms with E-state index >= 15 is 0 Å².